The second-order valence-corrected chi connectivity index (χ2v) is 5.95. The molecule has 1 heterocycles. The minimum absolute atomic E-state index is 0.00528. The second-order valence-electron chi connectivity index (χ2n) is 5.10. The molecule has 1 aromatic carbocycles. The number of nitrogens with zero attached hydrogens (tertiary/aromatic N) is 1. The lowest BCUT2D eigenvalue weighted by molar-refractivity contribution is 0.0953. The van der Waals surface area contributed by atoms with Crippen molar-refractivity contribution in [3.05, 3.63) is 40.0 Å². The molecule has 1 aliphatic rings. The van der Waals surface area contributed by atoms with Crippen LogP contribution in [-0.2, 0) is 0 Å². The summed E-state index contributed by atoms with van der Waals surface area (Å²) in [6.07, 6.45) is 2.47. The number of benzene rings is 1. The number of amides is 1. The standard InChI is InChI=1S/C15H15BrN2O/c1-9-7-11(15(19)17-8-10-5-6-10)14-12(16)3-2-4-13(14)18-9/h2-4,7,10H,5-6,8H2,1H3,(H,17,19). The summed E-state index contributed by atoms with van der Waals surface area (Å²) in [5.41, 5.74) is 2.42. The Kier molecular flexibility index (Phi) is 3.27. The zero-order chi connectivity index (χ0) is 13.4. The molecule has 1 amide bonds. The van der Waals surface area contributed by atoms with Gasteiger partial charge in [0.1, 0.15) is 0 Å². The minimum Gasteiger partial charge on any atom is -0.352 e. The number of halogens is 1. The third-order valence-corrected chi connectivity index (χ3v) is 4.06. The fourth-order valence-electron chi connectivity index (χ4n) is 2.21. The Balaban J connectivity index is 2.02. The zero-order valence-corrected chi connectivity index (χ0v) is 12.3. The quantitative estimate of drug-likeness (QED) is 0.941. The fourth-order valence-corrected chi connectivity index (χ4v) is 2.78. The van der Waals surface area contributed by atoms with E-state index in [-0.39, 0.29) is 5.91 Å². The number of pyridine rings is 1. The number of carbonyl (C=O) groups is 1. The molecule has 98 valence electrons. The molecular formula is C15H15BrN2O. The van der Waals surface area contributed by atoms with Gasteiger partial charge in [0.2, 0.25) is 0 Å². The number of hydrogen-bond acceptors (Lipinski definition) is 2. The first-order valence-corrected chi connectivity index (χ1v) is 7.28. The van der Waals surface area contributed by atoms with E-state index < -0.39 is 0 Å². The van der Waals surface area contributed by atoms with Crippen LogP contribution in [0.2, 0.25) is 0 Å². The first-order valence-electron chi connectivity index (χ1n) is 6.49. The predicted octanol–water partition coefficient (Wildman–Crippen LogP) is 3.45. The maximum atomic E-state index is 12.3. The van der Waals surface area contributed by atoms with Crippen LogP contribution in [0.15, 0.2) is 28.7 Å². The van der Waals surface area contributed by atoms with Crippen molar-refractivity contribution >= 4 is 32.7 Å². The van der Waals surface area contributed by atoms with Crippen LogP contribution >= 0.6 is 15.9 Å². The highest BCUT2D eigenvalue weighted by atomic mass is 79.9. The molecule has 0 bridgehead atoms. The molecule has 1 aliphatic carbocycles. The second kappa shape index (κ2) is 4.93. The highest BCUT2D eigenvalue weighted by Gasteiger charge is 2.22. The molecule has 2 aromatic rings. The van der Waals surface area contributed by atoms with Gasteiger partial charge in [-0.15, -0.1) is 0 Å². The monoisotopic (exact) mass is 318 g/mol. The number of fused-ring (bicyclic) bond motifs is 1. The van der Waals surface area contributed by atoms with Gasteiger partial charge in [0.05, 0.1) is 11.1 Å². The van der Waals surface area contributed by atoms with E-state index in [9.17, 15) is 4.79 Å². The van der Waals surface area contributed by atoms with Gasteiger partial charge in [-0.25, -0.2) is 0 Å². The molecular weight excluding hydrogens is 304 g/mol. The molecule has 19 heavy (non-hydrogen) atoms. The van der Waals surface area contributed by atoms with Crippen LogP contribution in [0.4, 0.5) is 0 Å². The molecule has 0 radical (unpaired) electrons. The van der Waals surface area contributed by atoms with Crippen LogP contribution in [0.1, 0.15) is 28.9 Å². The SMILES string of the molecule is Cc1cc(C(=O)NCC2CC2)c2c(Br)cccc2n1. The van der Waals surface area contributed by atoms with Gasteiger partial charge < -0.3 is 5.32 Å². The van der Waals surface area contributed by atoms with Crippen molar-refractivity contribution in [2.75, 3.05) is 6.54 Å². The van der Waals surface area contributed by atoms with Crippen molar-refractivity contribution in [2.45, 2.75) is 19.8 Å². The largest absolute Gasteiger partial charge is 0.352 e. The molecule has 3 rings (SSSR count). The summed E-state index contributed by atoms with van der Waals surface area (Å²) in [5.74, 6) is 0.677. The van der Waals surface area contributed by atoms with Gasteiger partial charge in [0, 0.05) is 22.1 Å². The van der Waals surface area contributed by atoms with E-state index >= 15 is 0 Å². The lowest BCUT2D eigenvalue weighted by atomic mass is 10.1. The minimum atomic E-state index is -0.00528. The van der Waals surface area contributed by atoms with Gasteiger partial charge >= 0.3 is 0 Å². The number of aromatic nitrogens is 1. The highest BCUT2D eigenvalue weighted by molar-refractivity contribution is 9.10. The van der Waals surface area contributed by atoms with Crippen LogP contribution in [0.3, 0.4) is 0 Å². The summed E-state index contributed by atoms with van der Waals surface area (Å²) in [6.45, 7) is 2.70. The average molecular weight is 319 g/mol. The van der Waals surface area contributed by atoms with E-state index in [1.165, 1.54) is 12.8 Å². The van der Waals surface area contributed by atoms with E-state index in [0.29, 0.717) is 11.5 Å². The Bertz CT molecular complexity index is 650. The van der Waals surface area contributed by atoms with Gasteiger partial charge in [0.15, 0.2) is 0 Å². The highest BCUT2D eigenvalue weighted by Crippen LogP contribution is 2.29. The van der Waals surface area contributed by atoms with Crippen LogP contribution in [-0.4, -0.2) is 17.4 Å². The molecule has 0 aliphatic heterocycles. The number of aryl methyl sites for hydroxylation is 1. The Morgan fingerprint density at radius 2 is 2.26 bits per heavy atom. The predicted molar refractivity (Wildman–Crippen MR) is 79.2 cm³/mol. The molecule has 4 heteroatoms. The Labute approximate surface area is 120 Å². The van der Waals surface area contributed by atoms with Crippen molar-refractivity contribution in [3.8, 4) is 0 Å². The molecule has 3 nitrogen and oxygen atoms in total. The summed E-state index contributed by atoms with van der Waals surface area (Å²) in [6, 6.07) is 7.67. The Morgan fingerprint density at radius 1 is 1.47 bits per heavy atom. The van der Waals surface area contributed by atoms with Crippen molar-refractivity contribution in [1.82, 2.24) is 10.3 Å². The van der Waals surface area contributed by atoms with Crippen LogP contribution in [0.5, 0.6) is 0 Å². The molecule has 1 saturated carbocycles. The Hall–Kier alpha value is -1.42. The molecule has 0 atom stereocenters. The van der Waals surface area contributed by atoms with Gasteiger partial charge in [0.25, 0.3) is 5.91 Å². The summed E-state index contributed by atoms with van der Waals surface area (Å²) in [4.78, 5) is 16.8. The van der Waals surface area contributed by atoms with Gasteiger partial charge in [-0.3, -0.25) is 9.78 Å². The maximum absolute atomic E-state index is 12.3. The normalized spacial score (nSPS) is 14.6. The van der Waals surface area contributed by atoms with Crippen LogP contribution in [0.25, 0.3) is 10.9 Å². The van der Waals surface area contributed by atoms with Crippen molar-refractivity contribution < 1.29 is 4.79 Å². The molecule has 1 N–H and O–H groups in total. The smallest absolute Gasteiger partial charge is 0.252 e. The average Bonchev–Trinajstić information content (AvgIpc) is 3.19. The van der Waals surface area contributed by atoms with E-state index in [2.05, 4.69) is 26.2 Å². The van der Waals surface area contributed by atoms with Crippen LogP contribution in [0, 0.1) is 12.8 Å². The molecule has 0 saturated heterocycles. The fraction of sp³-hybridized carbons (Fsp3) is 0.333. The van der Waals surface area contributed by atoms with E-state index in [0.717, 1.165) is 27.6 Å². The van der Waals surface area contributed by atoms with E-state index in [1.807, 2.05) is 31.2 Å². The molecule has 0 spiro atoms. The first kappa shape index (κ1) is 12.6. The van der Waals surface area contributed by atoms with Crippen LogP contribution < -0.4 is 5.32 Å². The summed E-state index contributed by atoms with van der Waals surface area (Å²) < 4.78 is 0.911. The first-order chi connectivity index (χ1) is 9.15. The summed E-state index contributed by atoms with van der Waals surface area (Å²) in [5, 5.41) is 3.91. The number of nitrogens with one attached hydrogen (secondary N) is 1. The molecule has 1 fully saturated rings. The molecule has 0 unspecified atom stereocenters. The maximum Gasteiger partial charge on any atom is 0.252 e. The number of carbonyl (C=O) groups excluding carboxylic acids is 1. The lowest BCUT2D eigenvalue weighted by Crippen LogP contribution is -2.26. The summed E-state index contributed by atoms with van der Waals surface area (Å²) in [7, 11) is 0. The van der Waals surface area contributed by atoms with Crippen molar-refractivity contribution in [2.24, 2.45) is 5.92 Å². The van der Waals surface area contributed by atoms with Gasteiger partial charge in [-0.1, -0.05) is 22.0 Å². The third kappa shape index (κ3) is 2.63. The van der Waals surface area contributed by atoms with Gasteiger partial charge in [-0.2, -0.15) is 0 Å². The zero-order valence-electron chi connectivity index (χ0n) is 10.7. The van der Waals surface area contributed by atoms with E-state index in [1.54, 1.807) is 0 Å². The third-order valence-electron chi connectivity index (χ3n) is 3.40. The van der Waals surface area contributed by atoms with Crippen molar-refractivity contribution in [3.63, 3.8) is 0 Å². The van der Waals surface area contributed by atoms with Gasteiger partial charge in [-0.05, 0) is 43.9 Å². The molecule has 1 aromatic heterocycles. The summed E-state index contributed by atoms with van der Waals surface area (Å²) >= 11 is 3.51. The number of hydrogen-bond donors (Lipinski definition) is 1. The Morgan fingerprint density at radius 3 is 3.00 bits per heavy atom. The number of rotatable bonds is 3. The van der Waals surface area contributed by atoms with Crippen molar-refractivity contribution in [1.29, 1.82) is 0 Å². The topological polar surface area (TPSA) is 42.0 Å². The van der Waals surface area contributed by atoms with E-state index in [4.69, 9.17) is 0 Å². The lowest BCUT2D eigenvalue weighted by Gasteiger charge is -2.10.